The summed E-state index contributed by atoms with van der Waals surface area (Å²) in [7, 11) is 0. The molecule has 2 heterocycles. The molecule has 0 saturated carbocycles. The van der Waals surface area contributed by atoms with E-state index in [0.29, 0.717) is 25.1 Å². The van der Waals surface area contributed by atoms with Crippen molar-refractivity contribution in [1.29, 1.82) is 0 Å². The van der Waals surface area contributed by atoms with E-state index >= 15 is 0 Å². The number of para-hydroxylation sites is 1. The van der Waals surface area contributed by atoms with Crippen LogP contribution in [0.5, 0.6) is 0 Å². The Hall–Kier alpha value is -3.34. The number of aryl methyl sites for hydroxylation is 2. The van der Waals surface area contributed by atoms with Crippen LogP contribution in [-0.2, 0) is 6.42 Å². The minimum Gasteiger partial charge on any atom is -0.422 e. The van der Waals surface area contributed by atoms with Crippen molar-refractivity contribution in [2.45, 2.75) is 20.3 Å². The normalized spacial score (nSPS) is 14.2. The summed E-state index contributed by atoms with van der Waals surface area (Å²) in [6.45, 7) is 10.6. The second kappa shape index (κ2) is 8.19. The topological polar surface area (TPSA) is 53.8 Å². The zero-order chi connectivity index (χ0) is 21.3. The lowest BCUT2D eigenvalue weighted by atomic mass is 10.1. The number of benzene rings is 2. The van der Waals surface area contributed by atoms with Crippen molar-refractivity contribution in [3.8, 4) is 0 Å². The van der Waals surface area contributed by atoms with Crippen molar-refractivity contribution in [1.82, 2.24) is 4.90 Å². The molecule has 4 rings (SSSR count). The first-order valence-corrected chi connectivity index (χ1v) is 10.3. The smallest absolute Gasteiger partial charge is 0.349 e. The average molecular weight is 402 g/mol. The van der Waals surface area contributed by atoms with Crippen LogP contribution in [0.1, 0.15) is 27.0 Å². The number of piperazine rings is 1. The quantitative estimate of drug-likeness (QED) is 0.487. The number of carbonyl (C=O) groups excluding carboxylic acids is 1. The van der Waals surface area contributed by atoms with Gasteiger partial charge in [-0.15, -0.1) is 6.58 Å². The van der Waals surface area contributed by atoms with Gasteiger partial charge in [-0.3, -0.25) is 4.79 Å². The molecule has 1 aromatic heterocycles. The van der Waals surface area contributed by atoms with Crippen LogP contribution < -0.4 is 10.5 Å². The highest BCUT2D eigenvalue weighted by Gasteiger charge is 2.25. The molecular weight excluding hydrogens is 376 g/mol. The van der Waals surface area contributed by atoms with Gasteiger partial charge < -0.3 is 14.2 Å². The first-order valence-electron chi connectivity index (χ1n) is 10.3. The third kappa shape index (κ3) is 3.75. The number of carbonyl (C=O) groups is 1. The lowest BCUT2D eigenvalue weighted by Gasteiger charge is -2.36. The van der Waals surface area contributed by atoms with Crippen molar-refractivity contribution in [2.24, 2.45) is 0 Å². The maximum atomic E-state index is 13.1. The van der Waals surface area contributed by atoms with Crippen LogP contribution in [0.2, 0.25) is 0 Å². The van der Waals surface area contributed by atoms with E-state index in [0.717, 1.165) is 24.0 Å². The van der Waals surface area contributed by atoms with Gasteiger partial charge in [0.15, 0.2) is 0 Å². The number of amides is 1. The van der Waals surface area contributed by atoms with Crippen LogP contribution in [0.25, 0.3) is 11.0 Å². The van der Waals surface area contributed by atoms with Gasteiger partial charge >= 0.3 is 5.63 Å². The molecule has 1 aliphatic rings. The predicted molar refractivity (Wildman–Crippen MR) is 120 cm³/mol. The van der Waals surface area contributed by atoms with Gasteiger partial charge in [-0.25, -0.2) is 4.79 Å². The molecule has 3 aromatic rings. The van der Waals surface area contributed by atoms with Crippen LogP contribution in [0.3, 0.4) is 0 Å². The maximum absolute atomic E-state index is 13.1. The Morgan fingerprint density at radius 1 is 1.10 bits per heavy atom. The Labute approximate surface area is 176 Å². The van der Waals surface area contributed by atoms with E-state index in [9.17, 15) is 9.59 Å². The predicted octanol–water partition coefficient (Wildman–Crippen LogP) is 4.10. The summed E-state index contributed by atoms with van der Waals surface area (Å²) >= 11 is 0. The molecule has 0 radical (unpaired) electrons. The molecule has 5 nitrogen and oxygen atoms in total. The van der Waals surface area contributed by atoms with E-state index < -0.39 is 5.63 Å². The Balaban J connectivity index is 1.54. The van der Waals surface area contributed by atoms with Crippen LogP contribution in [0, 0.1) is 13.8 Å². The van der Waals surface area contributed by atoms with E-state index in [4.69, 9.17) is 4.42 Å². The summed E-state index contributed by atoms with van der Waals surface area (Å²) in [5, 5.41) is 0.756. The molecule has 1 aliphatic heterocycles. The average Bonchev–Trinajstić information content (AvgIpc) is 2.74. The Bertz CT molecular complexity index is 1170. The van der Waals surface area contributed by atoms with Crippen molar-refractivity contribution < 1.29 is 9.21 Å². The Morgan fingerprint density at radius 2 is 1.87 bits per heavy atom. The number of nitrogens with zero attached hydrogens (tertiary/aromatic N) is 2. The molecule has 0 aliphatic carbocycles. The number of hydrogen-bond acceptors (Lipinski definition) is 4. The SMILES string of the molecule is C=CCc1cccc2cc(C(=O)N3CCN(c4ccc(C)cc4C)CC3)c(=O)oc12. The first kappa shape index (κ1) is 20.0. The summed E-state index contributed by atoms with van der Waals surface area (Å²) in [6.07, 6.45) is 2.37. The Kier molecular flexibility index (Phi) is 5.44. The van der Waals surface area contributed by atoms with Crippen molar-refractivity contribution >= 4 is 22.6 Å². The van der Waals surface area contributed by atoms with Crippen molar-refractivity contribution in [2.75, 3.05) is 31.1 Å². The summed E-state index contributed by atoms with van der Waals surface area (Å²) in [5.74, 6) is -0.264. The van der Waals surface area contributed by atoms with Gasteiger partial charge in [-0.05, 0) is 43.5 Å². The number of fused-ring (bicyclic) bond motifs is 1. The van der Waals surface area contributed by atoms with E-state index in [1.54, 1.807) is 17.0 Å². The zero-order valence-corrected chi connectivity index (χ0v) is 17.5. The molecule has 1 saturated heterocycles. The molecule has 0 unspecified atom stereocenters. The van der Waals surface area contributed by atoms with Gasteiger partial charge in [-0.1, -0.05) is 42.0 Å². The van der Waals surface area contributed by atoms with E-state index in [2.05, 4.69) is 43.5 Å². The van der Waals surface area contributed by atoms with Crippen molar-refractivity contribution in [3.05, 3.63) is 87.8 Å². The summed E-state index contributed by atoms with van der Waals surface area (Å²) < 4.78 is 5.54. The fourth-order valence-corrected chi connectivity index (χ4v) is 4.15. The van der Waals surface area contributed by atoms with E-state index in [1.165, 1.54) is 16.8 Å². The molecule has 154 valence electrons. The summed E-state index contributed by atoms with van der Waals surface area (Å²) in [5.41, 5.74) is 4.61. The summed E-state index contributed by atoms with van der Waals surface area (Å²) in [6, 6.07) is 13.8. The van der Waals surface area contributed by atoms with Gasteiger partial charge in [0.25, 0.3) is 5.91 Å². The Morgan fingerprint density at radius 3 is 2.57 bits per heavy atom. The number of hydrogen-bond donors (Lipinski definition) is 0. The zero-order valence-electron chi connectivity index (χ0n) is 17.5. The fraction of sp³-hybridized carbons (Fsp3) is 0.280. The highest BCUT2D eigenvalue weighted by atomic mass is 16.4. The minimum atomic E-state index is -0.583. The second-order valence-corrected chi connectivity index (χ2v) is 7.85. The van der Waals surface area contributed by atoms with Crippen LogP contribution in [-0.4, -0.2) is 37.0 Å². The number of rotatable bonds is 4. The van der Waals surface area contributed by atoms with E-state index in [-0.39, 0.29) is 11.5 Å². The largest absolute Gasteiger partial charge is 0.422 e. The standard InChI is InChI=1S/C25H26N2O3/c1-4-6-19-7-5-8-20-16-21(25(29)30-23(19)20)24(28)27-13-11-26(12-14-27)22-10-9-17(2)15-18(22)3/h4-5,7-10,15-16H,1,6,11-14H2,2-3H3. The lowest BCUT2D eigenvalue weighted by Crippen LogP contribution is -2.49. The molecule has 1 fully saturated rings. The minimum absolute atomic E-state index is 0.0956. The van der Waals surface area contributed by atoms with Crippen LogP contribution in [0.15, 0.2) is 64.3 Å². The highest BCUT2D eigenvalue weighted by molar-refractivity contribution is 5.97. The second-order valence-electron chi connectivity index (χ2n) is 7.85. The monoisotopic (exact) mass is 402 g/mol. The molecule has 0 bridgehead atoms. The molecule has 0 N–H and O–H groups in total. The fourth-order valence-electron chi connectivity index (χ4n) is 4.15. The summed E-state index contributed by atoms with van der Waals surface area (Å²) in [4.78, 5) is 29.7. The highest BCUT2D eigenvalue weighted by Crippen LogP contribution is 2.23. The molecule has 1 amide bonds. The van der Waals surface area contributed by atoms with Crippen LogP contribution in [0.4, 0.5) is 5.69 Å². The van der Waals surface area contributed by atoms with Crippen molar-refractivity contribution in [3.63, 3.8) is 0 Å². The third-order valence-electron chi connectivity index (χ3n) is 5.70. The maximum Gasteiger partial charge on any atom is 0.349 e. The molecular formula is C25H26N2O3. The number of allylic oxidation sites excluding steroid dienone is 1. The first-order chi connectivity index (χ1) is 14.5. The molecule has 30 heavy (non-hydrogen) atoms. The van der Waals surface area contributed by atoms with Gasteiger partial charge in [0.2, 0.25) is 0 Å². The molecule has 0 spiro atoms. The molecule has 5 heteroatoms. The lowest BCUT2D eigenvalue weighted by molar-refractivity contribution is 0.0742. The molecule has 0 atom stereocenters. The van der Waals surface area contributed by atoms with Gasteiger partial charge in [0, 0.05) is 37.3 Å². The van der Waals surface area contributed by atoms with E-state index in [1.807, 2.05) is 18.2 Å². The van der Waals surface area contributed by atoms with Gasteiger partial charge in [0.1, 0.15) is 11.1 Å². The van der Waals surface area contributed by atoms with Crippen LogP contribution >= 0.6 is 0 Å². The molecule has 2 aromatic carbocycles. The number of anilines is 1. The third-order valence-corrected chi connectivity index (χ3v) is 5.70. The van der Waals surface area contributed by atoms with Gasteiger partial charge in [0.05, 0.1) is 0 Å². The van der Waals surface area contributed by atoms with Gasteiger partial charge in [-0.2, -0.15) is 0 Å².